The standard InChI is InChI=1S/C18H24N2OS/c1-4-15-7-9-16(10-8-15)13-20(3)14(2)18(21)19-12-17-6-5-11-22-17/h5-11,14H,4,12-13H2,1-3H3,(H,19,21)/t14-/m1/s1. The van der Waals surface area contributed by atoms with E-state index in [0.717, 1.165) is 13.0 Å². The Morgan fingerprint density at radius 2 is 1.91 bits per heavy atom. The summed E-state index contributed by atoms with van der Waals surface area (Å²) in [5.74, 6) is 0.0704. The lowest BCUT2D eigenvalue weighted by atomic mass is 10.1. The lowest BCUT2D eigenvalue weighted by Gasteiger charge is -2.24. The van der Waals surface area contributed by atoms with Crippen molar-refractivity contribution in [3.05, 3.63) is 57.8 Å². The van der Waals surface area contributed by atoms with Gasteiger partial charge in [0.2, 0.25) is 5.91 Å². The van der Waals surface area contributed by atoms with Crippen LogP contribution in [0.1, 0.15) is 29.9 Å². The minimum Gasteiger partial charge on any atom is -0.350 e. The number of hydrogen-bond acceptors (Lipinski definition) is 3. The summed E-state index contributed by atoms with van der Waals surface area (Å²) in [7, 11) is 1.99. The van der Waals surface area contributed by atoms with Crippen LogP contribution >= 0.6 is 11.3 Å². The minimum absolute atomic E-state index is 0.0704. The molecule has 3 nitrogen and oxygen atoms in total. The molecule has 1 N–H and O–H groups in total. The predicted octanol–water partition coefficient (Wildman–Crippen LogP) is 3.45. The SMILES string of the molecule is CCc1ccc(CN(C)[C@H](C)C(=O)NCc2cccs2)cc1. The van der Waals surface area contributed by atoms with Gasteiger partial charge in [0.25, 0.3) is 0 Å². The van der Waals surface area contributed by atoms with E-state index in [1.165, 1.54) is 16.0 Å². The maximum Gasteiger partial charge on any atom is 0.237 e. The second kappa shape index (κ2) is 8.11. The van der Waals surface area contributed by atoms with Gasteiger partial charge in [-0.1, -0.05) is 37.3 Å². The molecule has 0 radical (unpaired) electrons. The predicted molar refractivity (Wildman–Crippen MR) is 92.9 cm³/mol. The van der Waals surface area contributed by atoms with Gasteiger partial charge in [0, 0.05) is 11.4 Å². The first-order valence-electron chi connectivity index (χ1n) is 7.68. The fourth-order valence-corrected chi connectivity index (χ4v) is 2.89. The summed E-state index contributed by atoms with van der Waals surface area (Å²) >= 11 is 1.66. The van der Waals surface area contributed by atoms with Crippen molar-refractivity contribution in [1.29, 1.82) is 0 Å². The van der Waals surface area contributed by atoms with E-state index in [9.17, 15) is 4.79 Å². The van der Waals surface area contributed by atoms with Gasteiger partial charge in [-0.3, -0.25) is 9.69 Å². The van der Waals surface area contributed by atoms with Gasteiger partial charge < -0.3 is 5.32 Å². The Labute approximate surface area is 137 Å². The summed E-state index contributed by atoms with van der Waals surface area (Å²) in [6.07, 6.45) is 1.05. The first-order chi connectivity index (χ1) is 10.6. The molecule has 0 saturated carbocycles. The quantitative estimate of drug-likeness (QED) is 0.848. The molecule has 1 amide bonds. The van der Waals surface area contributed by atoms with Crippen LogP contribution in [-0.2, 0) is 24.3 Å². The number of nitrogens with zero attached hydrogens (tertiary/aromatic N) is 1. The largest absolute Gasteiger partial charge is 0.350 e. The number of benzene rings is 1. The van der Waals surface area contributed by atoms with Gasteiger partial charge in [0.1, 0.15) is 0 Å². The molecule has 0 spiro atoms. The Kier molecular flexibility index (Phi) is 6.16. The number of rotatable bonds is 7. The molecule has 118 valence electrons. The number of likely N-dealkylation sites (N-methyl/N-ethyl adjacent to an activating group) is 1. The number of aryl methyl sites for hydroxylation is 1. The Balaban J connectivity index is 1.84. The second-order valence-corrected chi connectivity index (χ2v) is 6.59. The van der Waals surface area contributed by atoms with Crippen molar-refractivity contribution in [1.82, 2.24) is 10.2 Å². The maximum atomic E-state index is 12.2. The number of hydrogen-bond donors (Lipinski definition) is 1. The lowest BCUT2D eigenvalue weighted by molar-refractivity contribution is -0.125. The third kappa shape index (κ3) is 4.68. The first kappa shape index (κ1) is 16.7. The first-order valence-corrected chi connectivity index (χ1v) is 8.56. The summed E-state index contributed by atoms with van der Waals surface area (Å²) in [4.78, 5) is 15.5. The molecule has 2 aromatic rings. The Hall–Kier alpha value is -1.65. The highest BCUT2D eigenvalue weighted by Crippen LogP contribution is 2.10. The molecule has 2 rings (SSSR count). The van der Waals surface area contributed by atoms with Crippen molar-refractivity contribution < 1.29 is 4.79 Å². The molecular weight excluding hydrogens is 292 g/mol. The number of nitrogens with one attached hydrogen (secondary N) is 1. The molecule has 0 bridgehead atoms. The highest BCUT2D eigenvalue weighted by Gasteiger charge is 2.17. The molecule has 0 unspecified atom stereocenters. The average Bonchev–Trinajstić information content (AvgIpc) is 3.06. The summed E-state index contributed by atoms with van der Waals surface area (Å²) in [5.41, 5.74) is 2.57. The molecular formula is C18H24N2OS. The normalized spacial score (nSPS) is 12.4. The van der Waals surface area contributed by atoms with Crippen molar-refractivity contribution in [3.8, 4) is 0 Å². The van der Waals surface area contributed by atoms with Crippen LogP contribution in [0.15, 0.2) is 41.8 Å². The Morgan fingerprint density at radius 1 is 1.23 bits per heavy atom. The number of thiophene rings is 1. The van der Waals surface area contributed by atoms with Crippen molar-refractivity contribution >= 4 is 17.2 Å². The van der Waals surface area contributed by atoms with E-state index in [-0.39, 0.29) is 11.9 Å². The zero-order valence-corrected chi connectivity index (χ0v) is 14.3. The minimum atomic E-state index is -0.147. The van der Waals surface area contributed by atoms with Crippen LogP contribution in [-0.4, -0.2) is 23.9 Å². The Morgan fingerprint density at radius 3 is 2.50 bits per heavy atom. The number of carbonyl (C=O) groups excluding carboxylic acids is 1. The molecule has 0 aliphatic heterocycles. The van der Waals surface area contributed by atoms with Gasteiger partial charge >= 0.3 is 0 Å². The van der Waals surface area contributed by atoms with E-state index in [2.05, 4.69) is 41.4 Å². The average molecular weight is 316 g/mol. The van der Waals surface area contributed by atoms with E-state index in [1.807, 2.05) is 31.5 Å². The van der Waals surface area contributed by atoms with Crippen LogP contribution in [0.3, 0.4) is 0 Å². The lowest BCUT2D eigenvalue weighted by Crippen LogP contribution is -2.42. The van der Waals surface area contributed by atoms with Gasteiger partial charge in [-0.05, 0) is 43.0 Å². The number of amides is 1. The third-order valence-corrected chi connectivity index (χ3v) is 4.80. The molecule has 1 aromatic carbocycles. The Bertz CT molecular complexity index is 578. The molecule has 22 heavy (non-hydrogen) atoms. The van der Waals surface area contributed by atoms with E-state index < -0.39 is 0 Å². The second-order valence-electron chi connectivity index (χ2n) is 5.56. The molecule has 1 aromatic heterocycles. The van der Waals surface area contributed by atoms with Crippen molar-refractivity contribution in [2.45, 2.75) is 39.4 Å². The molecule has 0 saturated heterocycles. The molecule has 0 fully saturated rings. The molecule has 1 heterocycles. The summed E-state index contributed by atoms with van der Waals surface area (Å²) in [6, 6.07) is 12.5. The fourth-order valence-electron chi connectivity index (χ4n) is 2.24. The zero-order chi connectivity index (χ0) is 15.9. The molecule has 1 atom stereocenters. The van der Waals surface area contributed by atoms with Crippen molar-refractivity contribution in [3.63, 3.8) is 0 Å². The van der Waals surface area contributed by atoms with Gasteiger partial charge in [0.15, 0.2) is 0 Å². The van der Waals surface area contributed by atoms with E-state index in [1.54, 1.807) is 11.3 Å². The monoisotopic (exact) mass is 316 g/mol. The highest BCUT2D eigenvalue weighted by atomic mass is 32.1. The van der Waals surface area contributed by atoms with Crippen LogP contribution in [0.25, 0.3) is 0 Å². The highest BCUT2D eigenvalue weighted by molar-refractivity contribution is 7.09. The van der Waals surface area contributed by atoms with Crippen molar-refractivity contribution in [2.75, 3.05) is 7.05 Å². The van der Waals surface area contributed by atoms with E-state index in [4.69, 9.17) is 0 Å². The van der Waals surface area contributed by atoms with Crippen LogP contribution in [0.2, 0.25) is 0 Å². The molecule has 0 aliphatic rings. The van der Waals surface area contributed by atoms with Crippen LogP contribution < -0.4 is 5.32 Å². The summed E-state index contributed by atoms with van der Waals surface area (Å²) in [6.45, 7) is 5.49. The third-order valence-electron chi connectivity index (χ3n) is 3.92. The smallest absolute Gasteiger partial charge is 0.237 e. The van der Waals surface area contributed by atoms with Crippen LogP contribution in [0.4, 0.5) is 0 Å². The summed E-state index contributed by atoms with van der Waals surface area (Å²) < 4.78 is 0. The van der Waals surface area contributed by atoms with Gasteiger partial charge in [0.05, 0.1) is 12.6 Å². The van der Waals surface area contributed by atoms with Gasteiger partial charge in [-0.25, -0.2) is 0 Å². The maximum absolute atomic E-state index is 12.2. The molecule has 4 heteroatoms. The molecule has 0 aliphatic carbocycles. The van der Waals surface area contributed by atoms with Crippen LogP contribution in [0.5, 0.6) is 0 Å². The van der Waals surface area contributed by atoms with Gasteiger partial charge in [-0.15, -0.1) is 11.3 Å². The zero-order valence-electron chi connectivity index (χ0n) is 13.5. The van der Waals surface area contributed by atoms with Crippen LogP contribution in [0, 0.1) is 0 Å². The fraction of sp³-hybridized carbons (Fsp3) is 0.389. The topological polar surface area (TPSA) is 32.3 Å². The van der Waals surface area contributed by atoms with Crippen molar-refractivity contribution in [2.24, 2.45) is 0 Å². The van der Waals surface area contributed by atoms with Gasteiger partial charge in [-0.2, -0.15) is 0 Å². The summed E-state index contributed by atoms with van der Waals surface area (Å²) in [5, 5.41) is 5.02. The van der Waals surface area contributed by atoms with E-state index in [0.29, 0.717) is 6.54 Å². The number of carbonyl (C=O) groups is 1. The van der Waals surface area contributed by atoms with E-state index >= 15 is 0 Å².